The molecule has 5 amide bonds. The molecule has 1 fully saturated rings. The van der Waals surface area contributed by atoms with Gasteiger partial charge in [-0.05, 0) is 37.8 Å². The number of nitrogens with one attached hydrogen (secondary N) is 2. The van der Waals surface area contributed by atoms with Crippen molar-refractivity contribution in [1.29, 1.82) is 0 Å². The van der Waals surface area contributed by atoms with Crippen LogP contribution < -0.4 is 15.4 Å². The standard InChI is InChI=1S/C28H34F3N3O10/c29-28(30,31)27(40)32-10-4-12-42-14-16-43-15-13-41-11-2-1-5-18(35)17-44-21-7-3-6-19-23(21)26(39)34(25(19)38)20-8-9-22(36)33-24(20)37/h3,6-7,20H,1-2,4-5,8-17H2,(H,32,40)(H,33,36,37). The Morgan fingerprint density at radius 3 is 2.23 bits per heavy atom. The summed E-state index contributed by atoms with van der Waals surface area (Å²) in [5.41, 5.74) is 0.0416. The first-order valence-corrected chi connectivity index (χ1v) is 14.1. The third-order valence-electron chi connectivity index (χ3n) is 6.57. The van der Waals surface area contributed by atoms with Crippen LogP contribution in [-0.4, -0.2) is 105 Å². The molecule has 1 aromatic rings. The summed E-state index contributed by atoms with van der Waals surface area (Å²) in [6.45, 7) is 1.26. The molecule has 3 rings (SSSR count). The monoisotopic (exact) mass is 629 g/mol. The van der Waals surface area contributed by atoms with Gasteiger partial charge in [0.1, 0.15) is 18.4 Å². The highest BCUT2D eigenvalue weighted by atomic mass is 19.4. The number of benzene rings is 1. The molecule has 13 nitrogen and oxygen atoms in total. The lowest BCUT2D eigenvalue weighted by Gasteiger charge is -2.27. The minimum atomic E-state index is -4.89. The van der Waals surface area contributed by atoms with Crippen molar-refractivity contribution in [3.63, 3.8) is 0 Å². The predicted octanol–water partition coefficient (Wildman–Crippen LogP) is 1.32. The first kappa shape index (κ1) is 34.6. The lowest BCUT2D eigenvalue weighted by atomic mass is 10.0. The van der Waals surface area contributed by atoms with Crippen LogP contribution in [0.3, 0.4) is 0 Å². The molecule has 1 saturated heterocycles. The molecule has 2 heterocycles. The number of unbranched alkanes of at least 4 members (excludes halogenated alkanes) is 1. The van der Waals surface area contributed by atoms with Crippen LogP contribution in [0.2, 0.25) is 0 Å². The SMILES string of the molecule is O=C(CCCCOCCOCCOCCCNC(=O)C(F)(F)F)COc1cccc2c1C(=O)N(C1CCC(=O)NC1=O)C2=O. The molecular weight excluding hydrogens is 595 g/mol. The number of nitrogens with zero attached hydrogens (tertiary/aromatic N) is 1. The molecule has 2 aliphatic heterocycles. The molecule has 44 heavy (non-hydrogen) atoms. The minimum absolute atomic E-state index is 0.00370. The van der Waals surface area contributed by atoms with Gasteiger partial charge in [-0.15, -0.1) is 0 Å². The molecule has 0 radical (unpaired) electrons. The van der Waals surface area contributed by atoms with E-state index >= 15 is 0 Å². The number of hydrogen-bond acceptors (Lipinski definition) is 10. The first-order chi connectivity index (χ1) is 21.0. The Morgan fingerprint density at radius 2 is 1.57 bits per heavy atom. The van der Waals surface area contributed by atoms with Crippen molar-refractivity contribution in [3.05, 3.63) is 29.3 Å². The second-order valence-corrected chi connectivity index (χ2v) is 9.85. The van der Waals surface area contributed by atoms with Crippen LogP contribution in [0.5, 0.6) is 5.75 Å². The molecular formula is C28H34F3N3O10. The van der Waals surface area contributed by atoms with Gasteiger partial charge in [-0.25, -0.2) is 0 Å². The van der Waals surface area contributed by atoms with Gasteiger partial charge in [-0.3, -0.25) is 39.0 Å². The van der Waals surface area contributed by atoms with Crippen LogP contribution in [0.15, 0.2) is 18.2 Å². The van der Waals surface area contributed by atoms with E-state index in [9.17, 15) is 41.9 Å². The summed E-state index contributed by atoms with van der Waals surface area (Å²) in [5.74, 6) is -4.70. The number of ketones is 1. The maximum Gasteiger partial charge on any atom is 0.471 e. The number of imide groups is 2. The van der Waals surface area contributed by atoms with Gasteiger partial charge in [0.2, 0.25) is 11.8 Å². The van der Waals surface area contributed by atoms with E-state index in [0.29, 0.717) is 32.7 Å². The predicted molar refractivity (Wildman–Crippen MR) is 144 cm³/mol. The van der Waals surface area contributed by atoms with E-state index in [1.54, 1.807) is 5.32 Å². The number of carbonyl (C=O) groups is 6. The fourth-order valence-electron chi connectivity index (χ4n) is 4.38. The smallest absolute Gasteiger partial charge is 0.471 e. The van der Waals surface area contributed by atoms with Crippen molar-refractivity contribution in [3.8, 4) is 5.75 Å². The van der Waals surface area contributed by atoms with Crippen LogP contribution >= 0.6 is 0 Å². The van der Waals surface area contributed by atoms with E-state index in [0.717, 1.165) is 4.90 Å². The molecule has 0 aliphatic carbocycles. The number of rotatable bonds is 19. The summed E-state index contributed by atoms with van der Waals surface area (Å²) in [7, 11) is 0. The van der Waals surface area contributed by atoms with Gasteiger partial charge in [0.25, 0.3) is 11.8 Å². The van der Waals surface area contributed by atoms with Crippen molar-refractivity contribution >= 4 is 35.3 Å². The quantitative estimate of drug-likeness (QED) is 0.168. The molecule has 0 bridgehead atoms. The zero-order chi connectivity index (χ0) is 32.1. The lowest BCUT2D eigenvalue weighted by molar-refractivity contribution is -0.173. The van der Waals surface area contributed by atoms with E-state index in [1.165, 1.54) is 18.2 Å². The minimum Gasteiger partial charge on any atom is -0.485 e. The van der Waals surface area contributed by atoms with Crippen molar-refractivity contribution in [2.24, 2.45) is 0 Å². The molecule has 242 valence electrons. The number of fused-ring (bicyclic) bond motifs is 1. The highest BCUT2D eigenvalue weighted by Crippen LogP contribution is 2.33. The zero-order valence-electron chi connectivity index (χ0n) is 23.9. The number of hydrogen-bond donors (Lipinski definition) is 2. The molecule has 2 N–H and O–H groups in total. The topological polar surface area (TPSA) is 167 Å². The highest BCUT2D eigenvalue weighted by molar-refractivity contribution is 6.24. The zero-order valence-corrected chi connectivity index (χ0v) is 23.9. The number of ether oxygens (including phenoxy) is 4. The van der Waals surface area contributed by atoms with Gasteiger partial charge in [0.05, 0.1) is 37.6 Å². The Hall–Kier alpha value is -3.89. The summed E-state index contributed by atoms with van der Waals surface area (Å²) in [5, 5.41) is 3.88. The van der Waals surface area contributed by atoms with Gasteiger partial charge in [-0.1, -0.05) is 6.07 Å². The van der Waals surface area contributed by atoms with Gasteiger partial charge < -0.3 is 24.3 Å². The van der Waals surface area contributed by atoms with Gasteiger partial charge in [0.15, 0.2) is 5.78 Å². The summed E-state index contributed by atoms with van der Waals surface area (Å²) in [6, 6.07) is 3.32. The average Bonchev–Trinajstić information content (AvgIpc) is 3.23. The van der Waals surface area contributed by atoms with Gasteiger partial charge >= 0.3 is 12.1 Å². The summed E-state index contributed by atoms with van der Waals surface area (Å²) < 4.78 is 57.6. The number of Topliss-reactive ketones (excluding diaryl/α,β-unsaturated/α-hetero) is 1. The molecule has 0 saturated carbocycles. The molecule has 2 aliphatic rings. The number of halogens is 3. The van der Waals surface area contributed by atoms with E-state index in [4.69, 9.17) is 18.9 Å². The van der Waals surface area contributed by atoms with Crippen molar-refractivity contribution in [1.82, 2.24) is 15.5 Å². The average molecular weight is 630 g/mol. The Labute approximate surface area is 250 Å². The van der Waals surface area contributed by atoms with Crippen molar-refractivity contribution in [2.75, 3.05) is 52.8 Å². The molecule has 1 unspecified atom stereocenters. The first-order valence-electron chi connectivity index (χ1n) is 14.1. The summed E-state index contributed by atoms with van der Waals surface area (Å²) in [4.78, 5) is 73.4. The molecule has 1 aromatic carbocycles. The highest BCUT2D eigenvalue weighted by Gasteiger charge is 2.46. The molecule has 0 aromatic heterocycles. The second-order valence-electron chi connectivity index (χ2n) is 9.85. The molecule has 0 spiro atoms. The fourth-order valence-corrected chi connectivity index (χ4v) is 4.38. The maximum absolute atomic E-state index is 13.1. The summed E-state index contributed by atoms with van der Waals surface area (Å²) in [6.07, 6.45) is -3.27. The van der Waals surface area contributed by atoms with Gasteiger partial charge in [-0.2, -0.15) is 13.2 Å². The number of piperidine rings is 1. The maximum atomic E-state index is 13.1. The van der Waals surface area contributed by atoms with Crippen LogP contribution in [-0.2, 0) is 33.4 Å². The number of amides is 5. The summed E-state index contributed by atoms with van der Waals surface area (Å²) >= 11 is 0. The normalized spacial score (nSPS) is 16.6. The van der Waals surface area contributed by atoms with Gasteiger partial charge in [0, 0.05) is 32.6 Å². The number of carbonyl (C=O) groups excluding carboxylic acids is 6. The fraction of sp³-hybridized carbons (Fsp3) is 0.571. The molecule has 16 heteroatoms. The molecule has 1 atom stereocenters. The van der Waals surface area contributed by atoms with Crippen LogP contribution in [0.1, 0.15) is 59.2 Å². The third kappa shape index (κ3) is 10.1. The largest absolute Gasteiger partial charge is 0.485 e. The number of alkyl halides is 3. The third-order valence-corrected chi connectivity index (χ3v) is 6.57. The lowest BCUT2D eigenvalue weighted by Crippen LogP contribution is -2.54. The van der Waals surface area contributed by atoms with E-state index in [1.807, 2.05) is 0 Å². The second kappa shape index (κ2) is 16.8. The Morgan fingerprint density at radius 1 is 0.909 bits per heavy atom. The van der Waals surface area contributed by atoms with E-state index < -0.39 is 41.8 Å². The van der Waals surface area contributed by atoms with Crippen LogP contribution in [0.4, 0.5) is 13.2 Å². The van der Waals surface area contributed by atoms with Crippen LogP contribution in [0, 0.1) is 0 Å². The van der Waals surface area contributed by atoms with Crippen LogP contribution in [0.25, 0.3) is 0 Å². The van der Waals surface area contributed by atoms with E-state index in [-0.39, 0.29) is 81.3 Å². The Balaban J connectivity index is 1.22. The van der Waals surface area contributed by atoms with Crippen molar-refractivity contribution < 1.29 is 60.9 Å². The van der Waals surface area contributed by atoms with Crippen molar-refractivity contribution in [2.45, 2.75) is 50.7 Å². The van der Waals surface area contributed by atoms with E-state index in [2.05, 4.69) is 5.32 Å². The Bertz CT molecular complexity index is 1220. The Kier molecular flexibility index (Phi) is 13.2.